The van der Waals surface area contributed by atoms with Crippen LogP contribution in [0.2, 0.25) is 5.02 Å². The number of non-ortho nitro benzene ring substituents is 1. The van der Waals surface area contributed by atoms with Crippen LogP contribution in [0.1, 0.15) is 101 Å². The summed E-state index contributed by atoms with van der Waals surface area (Å²) < 4.78 is 6.57. The molecule has 0 aliphatic carbocycles. The molecule has 1 heterocycles. The van der Waals surface area contributed by atoms with Crippen LogP contribution in [0.3, 0.4) is 0 Å². The molecule has 7 amide bonds. The molecule has 97 heavy (non-hydrogen) atoms. The molecule has 0 aliphatic rings. The predicted molar refractivity (Wildman–Crippen MR) is 357 cm³/mol. The number of nitrogens with zero attached hydrogens (tertiary/aromatic N) is 4. The number of ether oxygens (including phenoxy) is 1. The fourth-order valence-corrected chi connectivity index (χ4v) is 10.5. The lowest BCUT2D eigenvalue weighted by molar-refractivity contribution is -0.394. The van der Waals surface area contributed by atoms with Crippen LogP contribution >= 0.6 is 23.4 Å². The Bertz CT molecular complexity index is 3560. The summed E-state index contributed by atoms with van der Waals surface area (Å²) >= 11 is 7.42. The zero-order valence-electron chi connectivity index (χ0n) is 54.4. The van der Waals surface area contributed by atoms with Crippen LogP contribution in [0.15, 0.2) is 110 Å². The van der Waals surface area contributed by atoms with Crippen molar-refractivity contribution in [2.24, 2.45) is 17.6 Å². The smallest absolute Gasteiger partial charge is 0.329 e. The summed E-state index contributed by atoms with van der Waals surface area (Å²) in [5, 5.41) is 51.6. The Balaban J connectivity index is 1.38. The summed E-state index contributed by atoms with van der Waals surface area (Å²) in [6, 6.07) is 16.2. The molecule has 1 aromatic heterocycles. The number of nitro groups is 2. The molecule has 5 rings (SSSR count). The summed E-state index contributed by atoms with van der Waals surface area (Å²) in [6.07, 6.45) is 1.72. The number of aliphatic carboxylic acids is 1. The lowest BCUT2D eigenvalue weighted by Gasteiger charge is -2.29. The number of amides is 7. The van der Waals surface area contributed by atoms with Crippen LogP contribution in [0, 0.1) is 39.0 Å². The van der Waals surface area contributed by atoms with Gasteiger partial charge < -0.3 is 57.6 Å². The van der Waals surface area contributed by atoms with Gasteiger partial charge >= 0.3 is 17.9 Å². The molecule has 0 saturated carbocycles. The number of thioether (sulfide) groups is 1. The Hall–Kier alpha value is -9.85. The minimum Gasteiger partial charge on any atom is -0.480 e. The van der Waals surface area contributed by atoms with E-state index in [9.17, 15) is 73.3 Å². The molecule has 8 atom stereocenters. The van der Waals surface area contributed by atoms with Crippen molar-refractivity contribution in [1.29, 1.82) is 0 Å². The number of aromatic nitrogens is 2. The summed E-state index contributed by atoms with van der Waals surface area (Å²) in [5.74, 6) is -9.65. The van der Waals surface area contributed by atoms with E-state index in [4.69, 9.17) is 26.9 Å². The highest BCUT2D eigenvalue weighted by atomic mass is 35.5. The van der Waals surface area contributed by atoms with Gasteiger partial charge in [0.25, 0.3) is 11.4 Å². The van der Waals surface area contributed by atoms with Gasteiger partial charge in [-0.3, -0.25) is 72.7 Å². The van der Waals surface area contributed by atoms with Crippen molar-refractivity contribution in [3.05, 3.63) is 163 Å². The topological polar surface area (TPSA) is 436 Å². The van der Waals surface area contributed by atoms with Crippen LogP contribution < -0.4 is 48.4 Å². The number of nitrogens with two attached hydrogens (primary N) is 1. The number of carbonyl (C=O) groups is 10. The Morgan fingerprint density at radius 2 is 1.36 bits per heavy atom. The predicted octanol–water partition coefficient (Wildman–Crippen LogP) is 4.27. The third-order valence-corrected chi connectivity index (χ3v) is 16.7. The number of hydrogen-bond donors (Lipinski definition) is 10. The van der Waals surface area contributed by atoms with Gasteiger partial charge in [-0.2, -0.15) is 17.2 Å². The number of unbranched alkanes of at least 4 members (excludes halogenated alkanes) is 1. The van der Waals surface area contributed by atoms with E-state index in [2.05, 4.69) is 47.7 Å². The van der Waals surface area contributed by atoms with Crippen molar-refractivity contribution < 1.29 is 72.5 Å². The van der Waals surface area contributed by atoms with Crippen molar-refractivity contribution >= 4 is 94.0 Å². The molecule has 11 N–H and O–H groups in total. The Morgan fingerprint density at radius 1 is 0.711 bits per heavy atom. The molecule has 5 aromatic rings. The molecule has 0 spiro atoms. The SMILES string of the molecule is CC[C@H](C)[C@H](NC(=O)[C@H](CCC(=O)OCc1ccccc1)NC(=O)[C@@H](N)C(C)C)C(=O)N[C@@H](CSCc1ccc(C)cc1)C(=O)NCC(=O)N[C@@H](Cc1cn(-c2ccc([N+](=O)[O-])cc2[N+](=O)[O-])cn1)C(=O)N[C@@H](CCCCNOC(=O)Cc1ccccc1Cl)C(=O)N[C@@H](C)C(=O)O. The minimum absolute atomic E-state index is 0.00157. The van der Waals surface area contributed by atoms with Gasteiger partial charge in [-0.15, -0.1) is 0 Å². The van der Waals surface area contributed by atoms with Crippen LogP contribution in [-0.4, -0.2) is 145 Å². The quantitative estimate of drug-likeness (QED) is 0.0113. The number of hydrogen-bond acceptors (Lipinski definition) is 20. The zero-order valence-corrected chi connectivity index (χ0v) is 56.0. The minimum atomic E-state index is -1.68. The lowest BCUT2D eigenvalue weighted by atomic mass is 9.97. The second kappa shape index (κ2) is 39.3. The highest BCUT2D eigenvalue weighted by Gasteiger charge is 2.35. The number of hydroxylamine groups is 1. The average Bonchev–Trinajstić information content (AvgIpc) is 1.77. The number of carbonyl (C=O) groups excluding carboxylic acids is 9. The van der Waals surface area contributed by atoms with E-state index in [0.717, 1.165) is 45.8 Å². The van der Waals surface area contributed by atoms with Crippen LogP contribution in [-0.2, 0) is 82.7 Å². The van der Waals surface area contributed by atoms with Crippen molar-refractivity contribution in [2.45, 2.75) is 148 Å². The molecule has 32 heteroatoms. The number of benzene rings is 4. The number of esters is 1. The first-order valence-electron chi connectivity index (χ1n) is 31.2. The number of aryl methyl sites for hydroxylation is 1. The van der Waals surface area contributed by atoms with E-state index >= 15 is 0 Å². The highest BCUT2D eigenvalue weighted by molar-refractivity contribution is 7.98. The van der Waals surface area contributed by atoms with Gasteiger partial charge in [0.1, 0.15) is 48.5 Å². The lowest BCUT2D eigenvalue weighted by Crippen LogP contribution is -2.60. The first-order chi connectivity index (χ1) is 46.1. The first kappa shape index (κ1) is 77.9. The second-order valence-corrected chi connectivity index (χ2v) is 24.7. The molecule has 0 radical (unpaired) electrons. The average molecular weight is 1380 g/mol. The van der Waals surface area contributed by atoms with E-state index in [1.54, 1.807) is 82.3 Å². The number of rotatable bonds is 40. The molecular formula is C65H82ClN13O17S. The summed E-state index contributed by atoms with van der Waals surface area (Å²) in [4.78, 5) is 168. The third-order valence-electron chi connectivity index (χ3n) is 15.3. The first-order valence-corrected chi connectivity index (χ1v) is 32.7. The van der Waals surface area contributed by atoms with Gasteiger partial charge in [-0.05, 0) is 80.2 Å². The van der Waals surface area contributed by atoms with Gasteiger partial charge in [0.15, 0.2) is 0 Å². The van der Waals surface area contributed by atoms with Crippen LogP contribution in [0.5, 0.6) is 0 Å². The molecule has 0 unspecified atom stereocenters. The van der Waals surface area contributed by atoms with Crippen LogP contribution in [0.25, 0.3) is 5.69 Å². The van der Waals surface area contributed by atoms with Crippen molar-refractivity contribution in [2.75, 3.05) is 18.8 Å². The molecule has 0 fully saturated rings. The summed E-state index contributed by atoms with van der Waals surface area (Å²) in [6.45, 7) is 9.11. The molecule has 0 aliphatic heterocycles. The fraction of sp³-hybridized carbons (Fsp3) is 0.431. The maximum absolute atomic E-state index is 14.6. The zero-order chi connectivity index (χ0) is 71.3. The van der Waals surface area contributed by atoms with E-state index in [1.807, 2.05) is 31.2 Å². The van der Waals surface area contributed by atoms with Gasteiger partial charge in [0.2, 0.25) is 41.4 Å². The van der Waals surface area contributed by atoms with Gasteiger partial charge in [-0.1, -0.05) is 124 Å². The Morgan fingerprint density at radius 3 is 2.02 bits per heavy atom. The molecule has 0 bridgehead atoms. The number of imidazole rings is 1. The van der Waals surface area contributed by atoms with E-state index in [-0.39, 0.29) is 74.7 Å². The number of nitrogens with one attached hydrogen (secondary N) is 8. The Kier molecular flexibility index (Phi) is 31.5. The molecule has 0 saturated heterocycles. The summed E-state index contributed by atoms with van der Waals surface area (Å²) in [5.41, 5.74) is 10.4. The van der Waals surface area contributed by atoms with E-state index in [0.29, 0.717) is 22.8 Å². The highest BCUT2D eigenvalue weighted by Crippen LogP contribution is 2.28. The molecular weight excluding hydrogens is 1300 g/mol. The molecule has 4 aromatic carbocycles. The number of halogens is 1. The molecule has 522 valence electrons. The normalized spacial score (nSPS) is 13.5. The molecule has 30 nitrogen and oxygen atoms in total. The standard InChI is InChI=1S/C65H82ClN13O17S/c1-7-40(5)58(76-61(85)49(74-63(87)57(67)38(2)3)25-27-55(81)95-34-42-15-9-8-10-16-42)64(88)75-51(36-97-35-43-22-20-39(4)21-23-43)59(83)68-32-54(80)72-50(30-45-33-77(37-69-45)52-26-24-46(78(91)92)31-53(52)79(93)94)62(86)73-48(60(84)71-41(6)65(89)90)19-13-14-28-70-96-56(82)29-44-17-11-12-18-47(44)66/h8-12,15-18,20-24,26,31,33,37-38,40-41,48-51,57-58,70H,7,13-14,19,25,27-30,32,34-36,67H2,1-6H3,(H,68,83)(H,71,84)(H,72,80)(H,73,86)(H,74,87)(H,75,88)(H,76,85)(H,89,90)/t40-,41-,48-,49-,50-,51-,57-,58-/m0/s1. The van der Waals surface area contributed by atoms with Crippen molar-refractivity contribution in [3.63, 3.8) is 0 Å². The second-order valence-electron chi connectivity index (χ2n) is 23.2. The maximum Gasteiger partial charge on any atom is 0.329 e. The summed E-state index contributed by atoms with van der Waals surface area (Å²) in [7, 11) is 0. The van der Waals surface area contributed by atoms with E-state index in [1.165, 1.54) is 24.9 Å². The number of carboxylic acid groups (broad SMARTS) is 1. The van der Waals surface area contributed by atoms with E-state index < -0.39 is 142 Å². The largest absolute Gasteiger partial charge is 0.480 e. The number of nitro benzene ring substituents is 2. The Labute approximate surface area is 568 Å². The number of carboxylic acids is 1. The van der Waals surface area contributed by atoms with Crippen LogP contribution in [0.4, 0.5) is 11.4 Å². The van der Waals surface area contributed by atoms with Crippen molar-refractivity contribution in [3.8, 4) is 5.69 Å². The monoisotopic (exact) mass is 1380 g/mol. The van der Waals surface area contributed by atoms with Gasteiger partial charge in [0, 0.05) is 48.2 Å². The van der Waals surface area contributed by atoms with Gasteiger partial charge in [-0.25, -0.2) is 4.98 Å². The third kappa shape index (κ3) is 26.0. The fourth-order valence-electron chi connectivity index (χ4n) is 9.26. The van der Waals surface area contributed by atoms with Gasteiger partial charge in [0.05, 0.1) is 46.9 Å². The maximum atomic E-state index is 14.6. The van der Waals surface area contributed by atoms with Crippen molar-refractivity contribution in [1.82, 2.24) is 52.2 Å².